The molecule has 0 fully saturated rings. The number of hydrogen-bond acceptors (Lipinski definition) is 2. The molecule has 1 amide bonds. The van der Waals surface area contributed by atoms with Crippen LogP contribution in [0.4, 0.5) is 5.69 Å². The van der Waals surface area contributed by atoms with Crippen molar-refractivity contribution in [3.8, 4) is 6.07 Å². The van der Waals surface area contributed by atoms with E-state index in [-0.39, 0.29) is 5.91 Å². The summed E-state index contributed by atoms with van der Waals surface area (Å²) >= 11 is 0. The van der Waals surface area contributed by atoms with Crippen LogP contribution < -0.4 is 5.32 Å². The van der Waals surface area contributed by atoms with Crippen molar-refractivity contribution in [2.45, 2.75) is 25.7 Å². The predicted octanol–water partition coefficient (Wildman–Crippen LogP) is 3.05. The monoisotopic (exact) mass is 240 g/mol. The number of carbonyl (C=O) groups is 1. The van der Waals surface area contributed by atoms with Crippen molar-refractivity contribution in [3.05, 3.63) is 42.0 Å². The number of carbonyl (C=O) groups excluding carboxylic acids is 1. The van der Waals surface area contributed by atoms with Gasteiger partial charge in [0, 0.05) is 12.1 Å². The zero-order valence-electron chi connectivity index (χ0n) is 10.2. The normalized spacial score (nSPS) is 17.4. The number of hydrogen-bond donors (Lipinski definition) is 1. The summed E-state index contributed by atoms with van der Waals surface area (Å²) < 4.78 is 0. The fourth-order valence-corrected chi connectivity index (χ4v) is 2.11. The molecule has 0 heterocycles. The van der Waals surface area contributed by atoms with Crippen LogP contribution in [-0.4, -0.2) is 5.91 Å². The third-order valence-corrected chi connectivity index (χ3v) is 3.08. The molecule has 1 N–H and O–H groups in total. The maximum absolute atomic E-state index is 11.8. The zero-order chi connectivity index (χ0) is 12.8. The summed E-state index contributed by atoms with van der Waals surface area (Å²) in [5.41, 5.74) is 1.76. The van der Waals surface area contributed by atoms with Gasteiger partial charge < -0.3 is 5.32 Å². The first kappa shape index (κ1) is 12.4. The van der Waals surface area contributed by atoms with Crippen LogP contribution in [0.2, 0.25) is 0 Å². The van der Waals surface area contributed by atoms with Crippen LogP contribution in [0.25, 0.3) is 0 Å². The maximum atomic E-state index is 11.8. The average molecular weight is 240 g/mol. The van der Waals surface area contributed by atoms with E-state index in [1.165, 1.54) is 0 Å². The number of benzene rings is 1. The SMILES string of the molecule is N#CCc1ccc(NC(=O)C[C@H]2C=CCC2)cc1. The Bertz CT molecular complexity index is 482. The smallest absolute Gasteiger partial charge is 0.224 e. The van der Waals surface area contributed by atoms with Crippen molar-refractivity contribution in [1.82, 2.24) is 0 Å². The molecule has 0 saturated carbocycles. The van der Waals surface area contributed by atoms with Gasteiger partial charge in [0.2, 0.25) is 5.91 Å². The van der Waals surface area contributed by atoms with Crippen LogP contribution in [0.5, 0.6) is 0 Å². The second kappa shape index (κ2) is 6.02. The Labute approximate surface area is 107 Å². The molecule has 1 aromatic rings. The van der Waals surface area contributed by atoms with E-state index in [1.807, 2.05) is 24.3 Å². The minimum absolute atomic E-state index is 0.0552. The van der Waals surface area contributed by atoms with Gasteiger partial charge in [-0.3, -0.25) is 4.79 Å². The molecule has 0 unspecified atom stereocenters. The van der Waals surface area contributed by atoms with Gasteiger partial charge >= 0.3 is 0 Å². The third kappa shape index (κ3) is 3.46. The first-order valence-corrected chi connectivity index (χ1v) is 6.20. The molecule has 0 bridgehead atoms. The summed E-state index contributed by atoms with van der Waals surface area (Å²) in [6.07, 6.45) is 7.37. The molecule has 3 heteroatoms. The molecule has 0 radical (unpaired) electrons. The third-order valence-electron chi connectivity index (χ3n) is 3.08. The van der Waals surface area contributed by atoms with Gasteiger partial charge in [-0.2, -0.15) is 5.26 Å². The van der Waals surface area contributed by atoms with Crippen LogP contribution in [0.1, 0.15) is 24.8 Å². The fraction of sp³-hybridized carbons (Fsp3) is 0.333. The number of nitriles is 1. The topological polar surface area (TPSA) is 52.9 Å². The Balaban J connectivity index is 1.86. The lowest BCUT2D eigenvalue weighted by Gasteiger charge is -2.09. The van der Waals surface area contributed by atoms with Crippen molar-refractivity contribution in [1.29, 1.82) is 5.26 Å². The lowest BCUT2D eigenvalue weighted by molar-refractivity contribution is -0.116. The van der Waals surface area contributed by atoms with E-state index in [4.69, 9.17) is 5.26 Å². The highest BCUT2D eigenvalue weighted by Crippen LogP contribution is 2.21. The second-order valence-corrected chi connectivity index (χ2v) is 4.55. The molecule has 0 aliphatic heterocycles. The quantitative estimate of drug-likeness (QED) is 0.822. The highest BCUT2D eigenvalue weighted by Gasteiger charge is 2.13. The van der Waals surface area contributed by atoms with E-state index in [9.17, 15) is 4.79 Å². The minimum Gasteiger partial charge on any atom is -0.326 e. The summed E-state index contributed by atoms with van der Waals surface area (Å²) in [5.74, 6) is 0.447. The van der Waals surface area contributed by atoms with E-state index in [0.717, 1.165) is 24.1 Å². The largest absolute Gasteiger partial charge is 0.326 e. The molecule has 0 saturated heterocycles. The number of rotatable bonds is 4. The number of amides is 1. The predicted molar refractivity (Wildman–Crippen MR) is 70.9 cm³/mol. The van der Waals surface area contributed by atoms with E-state index >= 15 is 0 Å². The number of anilines is 1. The second-order valence-electron chi connectivity index (χ2n) is 4.55. The summed E-state index contributed by atoms with van der Waals surface area (Å²) in [5, 5.41) is 11.4. The first-order valence-electron chi connectivity index (χ1n) is 6.20. The van der Waals surface area contributed by atoms with Crippen LogP contribution >= 0.6 is 0 Å². The van der Waals surface area contributed by atoms with E-state index in [1.54, 1.807) is 0 Å². The Morgan fingerprint density at radius 2 is 2.17 bits per heavy atom. The van der Waals surface area contributed by atoms with Crippen molar-refractivity contribution in [2.75, 3.05) is 5.32 Å². The van der Waals surface area contributed by atoms with Crippen molar-refractivity contribution in [2.24, 2.45) is 5.92 Å². The molecule has 0 aromatic heterocycles. The summed E-state index contributed by atoms with van der Waals surface area (Å²) in [6, 6.07) is 9.52. The lowest BCUT2D eigenvalue weighted by Crippen LogP contribution is -2.14. The van der Waals surface area contributed by atoms with E-state index in [0.29, 0.717) is 18.8 Å². The van der Waals surface area contributed by atoms with Crippen molar-refractivity contribution < 1.29 is 4.79 Å². The van der Waals surface area contributed by atoms with E-state index < -0.39 is 0 Å². The Morgan fingerprint density at radius 1 is 1.39 bits per heavy atom. The van der Waals surface area contributed by atoms with Gasteiger partial charge in [-0.1, -0.05) is 24.3 Å². The lowest BCUT2D eigenvalue weighted by atomic mass is 10.0. The van der Waals surface area contributed by atoms with Crippen LogP contribution in [0.15, 0.2) is 36.4 Å². The summed E-state index contributed by atoms with van der Waals surface area (Å²) in [6.45, 7) is 0. The van der Waals surface area contributed by atoms with Crippen LogP contribution in [-0.2, 0) is 11.2 Å². The van der Waals surface area contributed by atoms with Gasteiger partial charge in [0.25, 0.3) is 0 Å². The number of allylic oxidation sites excluding steroid dienone is 2. The molecule has 1 aliphatic rings. The molecule has 3 nitrogen and oxygen atoms in total. The molecule has 18 heavy (non-hydrogen) atoms. The summed E-state index contributed by atoms with van der Waals surface area (Å²) in [4.78, 5) is 11.8. The number of nitrogens with zero attached hydrogens (tertiary/aromatic N) is 1. The maximum Gasteiger partial charge on any atom is 0.224 e. The standard InChI is InChI=1S/C15H16N2O/c16-10-9-12-5-7-14(8-6-12)17-15(18)11-13-3-1-2-4-13/h1,3,5-8,13H,2,4,9,11H2,(H,17,18)/t13-/m0/s1. The van der Waals surface area contributed by atoms with Gasteiger partial charge in [-0.15, -0.1) is 0 Å². The van der Waals surface area contributed by atoms with Gasteiger partial charge in [0.1, 0.15) is 0 Å². The van der Waals surface area contributed by atoms with Gasteiger partial charge in [0.15, 0.2) is 0 Å². The molecule has 1 aliphatic carbocycles. The Kier molecular flexibility index (Phi) is 4.14. The number of nitrogens with one attached hydrogen (secondary N) is 1. The van der Waals surface area contributed by atoms with Gasteiger partial charge in [-0.05, 0) is 36.5 Å². The molecular weight excluding hydrogens is 224 g/mol. The van der Waals surface area contributed by atoms with E-state index in [2.05, 4.69) is 23.5 Å². The van der Waals surface area contributed by atoms with Crippen LogP contribution in [0.3, 0.4) is 0 Å². The summed E-state index contributed by atoms with van der Waals surface area (Å²) in [7, 11) is 0. The molecular formula is C15H16N2O. The average Bonchev–Trinajstić information content (AvgIpc) is 2.84. The highest BCUT2D eigenvalue weighted by molar-refractivity contribution is 5.91. The van der Waals surface area contributed by atoms with Crippen molar-refractivity contribution in [3.63, 3.8) is 0 Å². The highest BCUT2D eigenvalue weighted by atomic mass is 16.1. The van der Waals surface area contributed by atoms with Crippen molar-refractivity contribution >= 4 is 11.6 Å². The van der Waals surface area contributed by atoms with Gasteiger partial charge in [0.05, 0.1) is 12.5 Å². The Hall–Kier alpha value is -2.08. The fourth-order valence-electron chi connectivity index (χ4n) is 2.11. The molecule has 1 atom stereocenters. The molecule has 2 rings (SSSR count). The molecule has 92 valence electrons. The van der Waals surface area contributed by atoms with Gasteiger partial charge in [-0.25, -0.2) is 0 Å². The molecule has 0 spiro atoms. The first-order chi connectivity index (χ1) is 8.78. The van der Waals surface area contributed by atoms with Crippen LogP contribution in [0, 0.1) is 17.2 Å². The Morgan fingerprint density at radius 3 is 2.78 bits per heavy atom. The molecule has 1 aromatic carbocycles. The minimum atomic E-state index is 0.0552. The zero-order valence-corrected chi connectivity index (χ0v) is 10.2.